The quantitative estimate of drug-likeness (QED) is 0.506. The Balaban J connectivity index is 1.84. The molecular weight excluding hydrogens is 275 g/mol. The Morgan fingerprint density at radius 1 is 1.18 bits per heavy atom. The van der Waals surface area contributed by atoms with Gasteiger partial charge in [-0.3, -0.25) is 4.98 Å². The first-order chi connectivity index (χ1) is 10.7. The van der Waals surface area contributed by atoms with Crippen LogP contribution in [0.5, 0.6) is 0 Å². The molecule has 1 aromatic carbocycles. The minimum atomic E-state index is 0.0192. The van der Waals surface area contributed by atoms with Gasteiger partial charge in [-0.2, -0.15) is 0 Å². The molecule has 0 aliphatic rings. The van der Waals surface area contributed by atoms with Crippen LogP contribution in [0.1, 0.15) is 18.5 Å². The van der Waals surface area contributed by atoms with E-state index in [4.69, 9.17) is 0 Å². The van der Waals surface area contributed by atoms with E-state index < -0.39 is 0 Å². The van der Waals surface area contributed by atoms with Crippen molar-refractivity contribution in [1.29, 1.82) is 0 Å². The van der Waals surface area contributed by atoms with Crippen LogP contribution in [-0.2, 0) is 0 Å². The standard InChI is InChI=1S/C15H13BN6/c1-9(10-4-5-12-11(7-10)3-2-6-17-12)22-15-14(20-21-22)18-8-13(16)19-15/h2-9H,16H2,1H3. The van der Waals surface area contributed by atoms with Gasteiger partial charge in [0, 0.05) is 23.4 Å². The third-order valence-corrected chi connectivity index (χ3v) is 3.79. The van der Waals surface area contributed by atoms with Crippen molar-refractivity contribution in [1.82, 2.24) is 29.9 Å². The van der Waals surface area contributed by atoms with Gasteiger partial charge in [0.25, 0.3) is 0 Å². The average molecular weight is 288 g/mol. The molecule has 3 heterocycles. The minimum absolute atomic E-state index is 0.0192. The van der Waals surface area contributed by atoms with Crippen LogP contribution in [0.15, 0.2) is 42.7 Å². The molecule has 106 valence electrons. The normalized spacial score (nSPS) is 12.8. The first-order valence-electron chi connectivity index (χ1n) is 7.11. The van der Waals surface area contributed by atoms with Gasteiger partial charge in [-0.05, 0) is 30.7 Å². The van der Waals surface area contributed by atoms with Crippen molar-refractivity contribution < 1.29 is 0 Å². The van der Waals surface area contributed by atoms with Crippen LogP contribution in [0.2, 0.25) is 0 Å². The Bertz CT molecular complexity index is 980. The van der Waals surface area contributed by atoms with Crippen LogP contribution in [0.4, 0.5) is 0 Å². The third-order valence-electron chi connectivity index (χ3n) is 3.79. The zero-order valence-corrected chi connectivity index (χ0v) is 12.3. The number of nitrogens with zero attached hydrogens (tertiary/aromatic N) is 6. The Labute approximate surface area is 127 Å². The lowest BCUT2D eigenvalue weighted by Gasteiger charge is -2.13. The molecule has 0 radical (unpaired) electrons. The highest BCUT2D eigenvalue weighted by atomic mass is 15.5. The molecule has 0 saturated heterocycles. The van der Waals surface area contributed by atoms with E-state index in [1.807, 2.05) is 24.7 Å². The summed E-state index contributed by atoms with van der Waals surface area (Å²) in [5, 5.41) is 9.42. The summed E-state index contributed by atoms with van der Waals surface area (Å²) in [6.07, 6.45) is 3.50. The number of fused-ring (bicyclic) bond motifs is 2. The summed E-state index contributed by atoms with van der Waals surface area (Å²) in [5.41, 5.74) is 4.25. The van der Waals surface area contributed by atoms with Crippen molar-refractivity contribution >= 4 is 35.6 Å². The van der Waals surface area contributed by atoms with Crippen LogP contribution >= 0.6 is 0 Å². The monoisotopic (exact) mass is 288 g/mol. The molecule has 6 nitrogen and oxygen atoms in total. The van der Waals surface area contributed by atoms with E-state index in [1.54, 1.807) is 12.4 Å². The van der Waals surface area contributed by atoms with Crippen molar-refractivity contribution in [3.05, 3.63) is 48.3 Å². The second-order valence-electron chi connectivity index (χ2n) is 5.32. The lowest BCUT2D eigenvalue weighted by Crippen LogP contribution is -2.14. The summed E-state index contributed by atoms with van der Waals surface area (Å²) in [5.74, 6) is 0. The third kappa shape index (κ3) is 2.02. The molecule has 1 atom stereocenters. The molecule has 1 unspecified atom stereocenters. The molecule has 0 fully saturated rings. The first-order valence-corrected chi connectivity index (χ1v) is 7.11. The average Bonchev–Trinajstić information content (AvgIpc) is 2.96. The molecule has 4 rings (SSSR count). The topological polar surface area (TPSA) is 69.4 Å². The maximum Gasteiger partial charge on any atom is 0.221 e. The van der Waals surface area contributed by atoms with Crippen LogP contribution in [0, 0.1) is 0 Å². The van der Waals surface area contributed by atoms with E-state index in [9.17, 15) is 0 Å². The molecule has 0 N–H and O–H groups in total. The zero-order chi connectivity index (χ0) is 15.1. The van der Waals surface area contributed by atoms with E-state index in [2.05, 4.69) is 50.4 Å². The molecule has 22 heavy (non-hydrogen) atoms. The fourth-order valence-electron chi connectivity index (χ4n) is 2.57. The van der Waals surface area contributed by atoms with Crippen molar-refractivity contribution in [3.8, 4) is 0 Å². The maximum absolute atomic E-state index is 4.51. The summed E-state index contributed by atoms with van der Waals surface area (Å²) >= 11 is 0. The van der Waals surface area contributed by atoms with Crippen molar-refractivity contribution in [2.75, 3.05) is 0 Å². The van der Waals surface area contributed by atoms with Crippen molar-refractivity contribution in [2.45, 2.75) is 13.0 Å². The highest BCUT2D eigenvalue weighted by molar-refractivity contribution is 6.30. The highest BCUT2D eigenvalue weighted by Crippen LogP contribution is 2.23. The fraction of sp³-hybridized carbons (Fsp3) is 0.133. The smallest absolute Gasteiger partial charge is 0.221 e. The van der Waals surface area contributed by atoms with Gasteiger partial charge < -0.3 is 0 Å². The lowest BCUT2D eigenvalue weighted by atomic mass is 10.1. The molecule has 4 aromatic rings. The van der Waals surface area contributed by atoms with Gasteiger partial charge in [0.1, 0.15) is 0 Å². The van der Waals surface area contributed by atoms with Crippen LogP contribution in [0.3, 0.4) is 0 Å². The lowest BCUT2D eigenvalue weighted by molar-refractivity contribution is 0.556. The maximum atomic E-state index is 4.51. The van der Waals surface area contributed by atoms with Crippen molar-refractivity contribution in [2.24, 2.45) is 0 Å². The Morgan fingerprint density at radius 3 is 3.00 bits per heavy atom. The van der Waals surface area contributed by atoms with Gasteiger partial charge >= 0.3 is 0 Å². The summed E-state index contributed by atoms with van der Waals surface area (Å²) < 4.78 is 1.81. The predicted octanol–water partition coefficient (Wildman–Crippen LogP) is 0.637. The fourth-order valence-corrected chi connectivity index (χ4v) is 2.57. The number of pyridine rings is 1. The number of hydrogen-bond acceptors (Lipinski definition) is 5. The van der Waals surface area contributed by atoms with Gasteiger partial charge in [-0.25, -0.2) is 14.6 Å². The van der Waals surface area contributed by atoms with Gasteiger partial charge in [-0.15, -0.1) is 5.10 Å². The van der Waals surface area contributed by atoms with E-state index in [-0.39, 0.29) is 6.04 Å². The highest BCUT2D eigenvalue weighted by Gasteiger charge is 2.15. The molecule has 0 bridgehead atoms. The molecular formula is C15H13BN6. The molecule has 0 aliphatic carbocycles. The van der Waals surface area contributed by atoms with Gasteiger partial charge in [-0.1, -0.05) is 17.3 Å². The second kappa shape index (κ2) is 4.87. The molecule has 0 amide bonds. The largest absolute Gasteiger partial charge is 0.256 e. The second-order valence-corrected chi connectivity index (χ2v) is 5.32. The Kier molecular flexibility index (Phi) is 2.85. The number of benzene rings is 1. The van der Waals surface area contributed by atoms with E-state index >= 15 is 0 Å². The zero-order valence-electron chi connectivity index (χ0n) is 12.3. The SMILES string of the molecule is Bc1cnc2nnn(C(C)c3ccc4ncccc4c3)c2n1. The van der Waals surface area contributed by atoms with E-state index in [0.717, 1.165) is 22.1 Å². The Morgan fingerprint density at radius 2 is 2.09 bits per heavy atom. The molecule has 3 aromatic heterocycles. The molecule has 0 saturated carbocycles. The number of aromatic nitrogens is 6. The first kappa shape index (κ1) is 12.9. The Hall–Kier alpha value is -2.83. The summed E-state index contributed by atoms with van der Waals surface area (Å²) in [7, 11) is 1.91. The van der Waals surface area contributed by atoms with E-state index in [0.29, 0.717) is 11.3 Å². The van der Waals surface area contributed by atoms with Crippen molar-refractivity contribution in [3.63, 3.8) is 0 Å². The summed E-state index contributed by atoms with van der Waals surface area (Å²) in [4.78, 5) is 13.1. The van der Waals surface area contributed by atoms with Gasteiger partial charge in [0.2, 0.25) is 5.65 Å². The molecule has 0 spiro atoms. The van der Waals surface area contributed by atoms with Crippen LogP contribution < -0.4 is 5.59 Å². The summed E-state index contributed by atoms with van der Waals surface area (Å²) in [6, 6.07) is 10.2. The van der Waals surface area contributed by atoms with Gasteiger partial charge in [0.15, 0.2) is 13.5 Å². The number of rotatable bonds is 2. The number of hydrogen-bond donors (Lipinski definition) is 0. The summed E-state index contributed by atoms with van der Waals surface area (Å²) in [6.45, 7) is 2.08. The predicted molar refractivity (Wildman–Crippen MR) is 86.9 cm³/mol. The van der Waals surface area contributed by atoms with Crippen LogP contribution in [-0.4, -0.2) is 37.8 Å². The minimum Gasteiger partial charge on any atom is -0.256 e. The van der Waals surface area contributed by atoms with Crippen LogP contribution in [0.25, 0.3) is 22.2 Å². The van der Waals surface area contributed by atoms with E-state index in [1.165, 1.54) is 0 Å². The molecule has 7 heteroatoms. The molecule has 0 aliphatic heterocycles. The van der Waals surface area contributed by atoms with Gasteiger partial charge in [0.05, 0.1) is 11.6 Å².